The van der Waals surface area contributed by atoms with Crippen LogP contribution in [-0.4, -0.2) is 35.6 Å². The van der Waals surface area contributed by atoms with Gasteiger partial charge in [0.2, 0.25) is 0 Å². The lowest BCUT2D eigenvalue weighted by Gasteiger charge is -2.25. The lowest BCUT2D eigenvalue weighted by molar-refractivity contribution is -0.133. The van der Waals surface area contributed by atoms with Crippen LogP contribution < -0.4 is 10.6 Å². The van der Waals surface area contributed by atoms with Gasteiger partial charge in [-0.05, 0) is 18.3 Å². The van der Waals surface area contributed by atoms with Gasteiger partial charge in [0, 0.05) is 13.1 Å². The second-order valence-corrected chi connectivity index (χ2v) is 4.84. The van der Waals surface area contributed by atoms with Gasteiger partial charge in [0.15, 0.2) is 10.9 Å². The molecule has 0 radical (unpaired) electrons. The maximum atomic E-state index is 12.3. The molecule has 1 amide bonds. The van der Waals surface area contributed by atoms with E-state index in [1.807, 2.05) is 0 Å². The number of rotatable bonds is 4. The third-order valence-corrected chi connectivity index (χ3v) is 3.35. The van der Waals surface area contributed by atoms with Crippen molar-refractivity contribution in [1.29, 1.82) is 0 Å². The van der Waals surface area contributed by atoms with E-state index in [4.69, 9.17) is 12.2 Å². The SMILES string of the molecule is C=CCNC(=S)NCC1C(=O)N=C2C=CC=CC2C1=O. The van der Waals surface area contributed by atoms with Crippen LogP contribution in [0.25, 0.3) is 0 Å². The first-order valence-corrected chi connectivity index (χ1v) is 6.68. The molecule has 2 N–H and O–H groups in total. The van der Waals surface area contributed by atoms with Crippen molar-refractivity contribution in [2.75, 3.05) is 13.1 Å². The van der Waals surface area contributed by atoms with Gasteiger partial charge in [-0.3, -0.25) is 9.59 Å². The number of Topliss-reactive ketones (excluding diaryl/α,β-unsaturated/α-hetero) is 1. The number of carbonyl (C=O) groups is 2. The van der Waals surface area contributed by atoms with Gasteiger partial charge in [-0.2, -0.15) is 0 Å². The number of thiocarbonyl (C=S) groups is 1. The fourth-order valence-corrected chi connectivity index (χ4v) is 2.20. The lowest BCUT2D eigenvalue weighted by Crippen LogP contribution is -2.46. The molecule has 20 heavy (non-hydrogen) atoms. The Morgan fingerprint density at radius 3 is 2.95 bits per heavy atom. The third kappa shape index (κ3) is 3.08. The first-order chi connectivity index (χ1) is 9.63. The minimum Gasteiger partial charge on any atom is -0.361 e. The summed E-state index contributed by atoms with van der Waals surface area (Å²) in [6, 6.07) is 0. The molecule has 1 heterocycles. The second kappa shape index (κ2) is 6.38. The Hall–Kier alpha value is -2.08. The van der Waals surface area contributed by atoms with Crippen LogP contribution in [0.2, 0.25) is 0 Å². The Kier molecular flexibility index (Phi) is 4.57. The van der Waals surface area contributed by atoms with E-state index in [2.05, 4.69) is 22.2 Å². The molecule has 0 spiro atoms. The maximum Gasteiger partial charge on any atom is 0.258 e. The lowest BCUT2D eigenvalue weighted by atomic mass is 9.83. The second-order valence-electron chi connectivity index (χ2n) is 4.43. The largest absolute Gasteiger partial charge is 0.361 e. The zero-order chi connectivity index (χ0) is 14.5. The summed E-state index contributed by atoms with van der Waals surface area (Å²) in [7, 11) is 0. The monoisotopic (exact) mass is 289 g/mol. The molecule has 2 atom stereocenters. The van der Waals surface area contributed by atoms with Crippen molar-refractivity contribution in [3.8, 4) is 0 Å². The van der Waals surface area contributed by atoms with Gasteiger partial charge in [-0.25, -0.2) is 4.99 Å². The van der Waals surface area contributed by atoms with E-state index in [-0.39, 0.29) is 12.3 Å². The van der Waals surface area contributed by atoms with Crippen molar-refractivity contribution < 1.29 is 9.59 Å². The van der Waals surface area contributed by atoms with Crippen LogP contribution in [0.3, 0.4) is 0 Å². The zero-order valence-corrected chi connectivity index (χ0v) is 11.7. The Morgan fingerprint density at radius 1 is 1.40 bits per heavy atom. The van der Waals surface area contributed by atoms with E-state index in [0.29, 0.717) is 17.4 Å². The summed E-state index contributed by atoms with van der Waals surface area (Å²) >= 11 is 5.03. The molecule has 0 aromatic carbocycles. The van der Waals surface area contributed by atoms with Crippen LogP contribution >= 0.6 is 12.2 Å². The first kappa shape index (κ1) is 14.3. The van der Waals surface area contributed by atoms with Crippen molar-refractivity contribution >= 4 is 34.7 Å². The molecule has 0 aromatic rings. The topological polar surface area (TPSA) is 70.6 Å². The highest BCUT2D eigenvalue weighted by Crippen LogP contribution is 2.21. The molecular weight excluding hydrogens is 274 g/mol. The minimum absolute atomic E-state index is 0.139. The van der Waals surface area contributed by atoms with Crippen LogP contribution in [0, 0.1) is 11.8 Å². The Morgan fingerprint density at radius 2 is 2.20 bits per heavy atom. The number of nitrogens with one attached hydrogen (secondary N) is 2. The summed E-state index contributed by atoms with van der Waals surface area (Å²) in [5.41, 5.74) is 0.520. The molecule has 0 saturated carbocycles. The van der Waals surface area contributed by atoms with E-state index in [1.165, 1.54) is 0 Å². The summed E-state index contributed by atoms with van der Waals surface area (Å²) in [4.78, 5) is 28.2. The van der Waals surface area contributed by atoms with E-state index in [1.54, 1.807) is 30.4 Å². The van der Waals surface area contributed by atoms with Gasteiger partial charge in [0.1, 0.15) is 5.92 Å². The number of carbonyl (C=O) groups excluding carboxylic acids is 2. The number of aliphatic imine (C=N–C) groups is 1. The highest BCUT2D eigenvalue weighted by atomic mass is 32.1. The summed E-state index contributed by atoms with van der Waals surface area (Å²) in [5, 5.41) is 6.13. The molecule has 1 aliphatic heterocycles. The van der Waals surface area contributed by atoms with Gasteiger partial charge in [-0.1, -0.05) is 24.3 Å². The molecule has 0 bridgehead atoms. The van der Waals surface area contributed by atoms with Gasteiger partial charge in [0.05, 0.1) is 11.6 Å². The van der Waals surface area contributed by atoms with Crippen molar-refractivity contribution in [3.05, 3.63) is 37.0 Å². The normalized spacial score (nSPS) is 23.9. The van der Waals surface area contributed by atoms with Gasteiger partial charge >= 0.3 is 0 Å². The van der Waals surface area contributed by atoms with Crippen molar-refractivity contribution in [3.63, 3.8) is 0 Å². The van der Waals surface area contributed by atoms with Crippen LogP contribution in [-0.2, 0) is 9.59 Å². The summed E-state index contributed by atoms with van der Waals surface area (Å²) in [6.07, 6.45) is 8.68. The van der Waals surface area contributed by atoms with Crippen molar-refractivity contribution in [2.45, 2.75) is 0 Å². The molecule has 1 aliphatic carbocycles. The summed E-state index contributed by atoms with van der Waals surface area (Å²) < 4.78 is 0. The smallest absolute Gasteiger partial charge is 0.258 e. The number of hydrogen-bond acceptors (Lipinski definition) is 3. The van der Waals surface area contributed by atoms with E-state index in [0.717, 1.165) is 0 Å². The van der Waals surface area contributed by atoms with Crippen molar-refractivity contribution in [1.82, 2.24) is 10.6 Å². The quantitative estimate of drug-likeness (QED) is 0.449. The highest BCUT2D eigenvalue weighted by Gasteiger charge is 2.38. The molecule has 0 aromatic heterocycles. The van der Waals surface area contributed by atoms with E-state index >= 15 is 0 Å². The maximum absolute atomic E-state index is 12.3. The molecule has 0 fully saturated rings. The zero-order valence-electron chi connectivity index (χ0n) is 10.8. The summed E-state index contributed by atoms with van der Waals surface area (Å²) in [6.45, 7) is 4.24. The number of nitrogens with zero attached hydrogens (tertiary/aromatic N) is 1. The Balaban J connectivity index is 2.00. The number of ketones is 1. The molecular formula is C14H15N3O2S. The average Bonchev–Trinajstić information content (AvgIpc) is 2.45. The molecule has 2 unspecified atom stereocenters. The molecule has 5 nitrogen and oxygen atoms in total. The predicted octanol–water partition coefficient (Wildman–Crippen LogP) is 0.545. The first-order valence-electron chi connectivity index (χ1n) is 6.27. The average molecular weight is 289 g/mol. The summed E-state index contributed by atoms with van der Waals surface area (Å²) in [5.74, 6) is -1.76. The standard InChI is InChI=1S/C14H15N3O2S/c1-2-7-15-14(20)16-8-10-12(18)9-5-3-4-6-11(9)17-13(10)19/h2-6,9-10H,1,7-8H2,(H2,15,16,20). The van der Waals surface area contributed by atoms with E-state index < -0.39 is 17.7 Å². The number of allylic oxidation sites excluding steroid dienone is 4. The van der Waals surface area contributed by atoms with Crippen LogP contribution in [0.4, 0.5) is 0 Å². The predicted molar refractivity (Wildman–Crippen MR) is 81.5 cm³/mol. The van der Waals surface area contributed by atoms with E-state index in [9.17, 15) is 9.59 Å². The van der Waals surface area contributed by atoms with Crippen LogP contribution in [0.1, 0.15) is 0 Å². The Bertz CT molecular complexity index is 549. The van der Waals surface area contributed by atoms with Crippen LogP contribution in [0.15, 0.2) is 42.0 Å². The number of fused-ring (bicyclic) bond motifs is 1. The molecule has 104 valence electrons. The number of hydrogen-bond donors (Lipinski definition) is 2. The molecule has 0 saturated heterocycles. The fraction of sp³-hybridized carbons (Fsp3) is 0.286. The number of amides is 1. The highest BCUT2D eigenvalue weighted by molar-refractivity contribution is 7.80. The van der Waals surface area contributed by atoms with Crippen LogP contribution in [0.5, 0.6) is 0 Å². The molecule has 2 aliphatic rings. The fourth-order valence-electron chi connectivity index (χ4n) is 2.03. The Labute approximate surface area is 122 Å². The van der Waals surface area contributed by atoms with Gasteiger partial charge < -0.3 is 10.6 Å². The molecule has 2 rings (SSSR count). The molecule has 6 heteroatoms. The minimum atomic E-state index is -0.789. The van der Waals surface area contributed by atoms with Gasteiger partial charge in [-0.15, -0.1) is 6.58 Å². The van der Waals surface area contributed by atoms with Gasteiger partial charge in [0.25, 0.3) is 5.91 Å². The third-order valence-electron chi connectivity index (χ3n) is 3.06. The van der Waals surface area contributed by atoms with Crippen molar-refractivity contribution in [2.24, 2.45) is 16.8 Å².